The predicted molar refractivity (Wildman–Crippen MR) is 250 cm³/mol. The summed E-state index contributed by atoms with van der Waals surface area (Å²) < 4.78 is 5.19. The van der Waals surface area contributed by atoms with E-state index in [4.69, 9.17) is 0 Å². The summed E-state index contributed by atoms with van der Waals surface area (Å²) in [6, 6.07) is 59.6. The standard InChI is InChI=1S/4C9H7.2C7H7.2C2H6Si.2Hf.2H/c4*1-2-5-9-7-3-6-8(9)4-1;2*1-7-5-3-2-4-6-7;2*1-3-2;;;;/h4*1-7H;2*2-6H,1H2;2*1-2H3;;;;/q;;;;;;;;;;2*-1. The van der Waals surface area contributed by atoms with Crippen LogP contribution in [-0.4, -0.2) is 11.0 Å². The first-order valence-corrected chi connectivity index (χ1v) is 50.3. The molecule has 0 aromatic heterocycles. The average Bonchev–Trinajstić information content (AvgIpc) is 4.08. The fourth-order valence-corrected chi connectivity index (χ4v) is 93.7. The molecule has 0 aliphatic heterocycles. The van der Waals surface area contributed by atoms with Gasteiger partial charge >= 0.3 is 359 Å². The number of rotatable bonds is 8. The van der Waals surface area contributed by atoms with Crippen molar-refractivity contribution in [3.63, 3.8) is 0 Å². The van der Waals surface area contributed by atoms with Gasteiger partial charge in [0, 0.05) is 0 Å². The quantitative estimate of drug-likeness (QED) is 0.133. The largest absolute Gasteiger partial charge is 1.00 e. The van der Waals surface area contributed by atoms with Gasteiger partial charge in [0.25, 0.3) is 0 Å². The molecule has 0 fully saturated rings. The molecule has 4 unspecified atom stereocenters. The fraction of sp³-hybridized carbons (Fsp3) is 0.185. The van der Waals surface area contributed by atoms with Gasteiger partial charge in [0.2, 0.25) is 0 Å². The van der Waals surface area contributed by atoms with E-state index < -0.39 is 42.7 Å². The van der Waals surface area contributed by atoms with Gasteiger partial charge in [0.15, 0.2) is 0 Å². The Balaban J connectivity index is 0.000000195. The number of fused-ring (bicyclic) bond motifs is 4. The molecule has 0 bridgehead atoms. The number of allylic oxidation sites excluding steroid dienone is 4. The summed E-state index contributed by atoms with van der Waals surface area (Å²) in [6.07, 6.45) is 20.0. The summed E-state index contributed by atoms with van der Waals surface area (Å²) in [7, 11) is 0. The van der Waals surface area contributed by atoms with Gasteiger partial charge in [-0.1, -0.05) is 0 Å². The van der Waals surface area contributed by atoms with E-state index in [0.29, 0.717) is 7.35 Å². The zero-order chi connectivity index (χ0) is 39.7. The van der Waals surface area contributed by atoms with Crippen molar-refractivity contribution in [2.45, 2.75) is 49.2 Å². The van der Waals surface area contributed by atoms with Gasteiger partial charge in [-0.05, 0) is 0 Å². The molecule has 10 rings (SSSR count). The third-order valence-corrected chi connectivity index (χ3v) is 103. The zero-order valence-electron chi connectivity index (χ0n) is 36.4. The van der Waals surface area contributed by atoms with E-state index >= 15 is 0 Å². The van der Waals surface area contributed by atoms with Crippen LogP contribution in [0.25, 0.3) is 24.3 Å². The van der Waals surface area contributed by atoms with Crippen molar-refractivity contribution in [1.82, 2.24) is 0 Å². The van der Waals surface area contributed by atoms with Crippen molar-refractivity contribution in [1.29, 1.82) is 0 Å². The Labute approximate surface area is 358 Å². The molecular formula is C54H56Hf2Si2-2. The van der Waals surface area contributed by atoms with Gasteiger partial charge in [-0.25, -0.2) is 0 Å². The van der Waals surface area contributed by atoms with Crippen molar-refractivity contribution in [3.05, 3.63) is 238 Å². The second kappa shape index (κ2) is 16.8. The summed E-state index contributed by atoms with van der Waals surface area (Å²) in [4.78, 5) is 0. The normalized spacial score (nSPS) is 19.2. The molecule has 0 heterocycles. The van der Waals surface area contributed by atoms with Crippen molar-refractivity contribution in [3.8, 4) is 0 Å². The molecule has 0 N–H and O–H groups in total. The molecule has 58 heavy (non-hydrogen) atoms. The molecule has 6 aromatic rings. The first-order valence-electron chi connectivity index (χ1n) is 21.2. The molecule has 0 amide bonds. The van der Waals surface area contributed by atoms with Crippen LogP contribution in [-0.2, 0) is 45.5 Å². The predicted octanol–water partition coefficient (Wildman–Crippen LogP) is 14.5. The second-order valence-corrected chi connectivity index (χ2v) is 86.5. The topological polar surface area (TPSA) is 0 Å². The van der Waals surface area contributed by atoms with Gasteiger partial charge in [0.1, 0.15) is 0 Å². The van der Waals surface area contributed by atoms with Crippen molar-refractivity contribution in [2.75, 3.05) is 0 Å². The van der Waals surface area contributed by atoms with E-state index in [1.54, 1.807) is 22.3 Å². The molecule has 0 saturated carbocycles. The molecule has 4 aliphatic rings. The zero-order valence-corrected chi connectivity index (χ0v) is 43.5. The SMILES string of the molecule is C[Si](C)=[Hf]([CH2]c1ccccc1)([CH2]c1ccccc1)([CH]1C=Cc2ccccc21)[CH]1C=Cc2ccccc21.C[Si](C)=[Hf]([CH]1C=Cc2ccccc21)[CH]1C=Cc2ccccc21.[H-].[H-]. The summed E-state index contributed by atoms with van der Waals surface area (Å²) in [5.74, 6) is 0. The Morgan fingerprint density at radius 3 is 1.12 bits per heavy atom. The molecule has 0 spiro atoms. The summed E-state index contributed by atoms with van der Waals surface area (Å²) in [6.45, 7) is 10.5. The third-order valence-electron chi connectivity index (χ3n) is 14.2. The first-order chi connectivity index (χ1) is 28.4. The maximum Gasteiger partial charge on any atom is -1.00 e. The first kappa shape index (κ1) is 39.9. The second-order valence-electron chi connectivity index (χ2n) is 17.5. The fourth-order valence-electron chi connectivity index (χ4n) is 11.4. The van der Waals surface area contributed by atoms with E-state index in [2.05, 4.69) is 233 Å². The van der Waals surface area contributed by atoms with Crippen LogP contribution in [0.15, 0.2) is 182 Å². The van der Waals surface area contributed by atoms with Gasteiger partial charge in [-0.3, -0.25) is 0 Å². The van der Waals surface area contributed by atoms with Crippen LogP contribution in [0.5, 0.6) is 0 Å². The van der Waals surface area contributed by atoms with Crippen LogP contribution in [0.2, 0.25) is 26.2 Å². The molecule has 6 aromatic carbocycles. The maximum atomic E-state index is 2.68. The minimum atomic E-state index is -4.14. The van der Waals surface area contributed by atoms with Crippen molar-refractivity contribution < 1.29 is 40.0 Å². The molecule has 4 heteroatoms. The van der Waals surface area contributed by atoms with Crippen LogP contribution in [0.3, 0.4) is 0 Å². The molecule has 0 radical (unpaired) electrons. The summed E-state index contributed by atoms with van der Waals surface area (Å²) in [5, 5.41) is 0. The molecule has 290 valence electrons. The Bertz CT molecular complexity index is 2560. The summed E-state index contributed by atoms with van der Waals surface area (Å²) in [5.41, 5.74) is 14.4. The van der Waals surface area contributed by atoms with E-state index in [1.807, 2.05) is 0 Å². The van der Waals surface area contributed by atoms with Gasteiger partial charge in [0.05, 0.1) is 0 Å². The van der Waals surface area contributed by atoms with Gasteiger partial charge in [-0.15, -0.1) is 0 Å². The van der Waals surface area contributed by atoms with Crippen LogP contribution in [0.1, 0.15) is 73.2 Å². The average molecular weight is 1120 g/mol. The molecule has 0 saturated heterocycles. The maximum absolute atomic E-state index is 4.14. The Morgan fingerprint density at radius 2 is 0.741 bits per heavy atom. The molecular weight excluding hydrogens is 1060 g/mol. The van der Waals surface area contributed by atoms with E-state index in [1.165, 1.54) is 41.7 Å². The van der Waals surface area contributed by atoms with Gasteiger partial charge < -0.3 is 2.85 Å². The monoisotopic (exact) mass is 1120 g/mol. The minimum Gasteiger partial charge on any atom is -1.00 e. The number of hydrogen-bond acceptors (Lipinski definition) is 0. The third kappa shape index (κ3) is 7.04. The van der Waals surface area contributed by atoms with Crippen LogP contribution in [0.4, 0.5) is 0 Å². The van der Waals surface area contributed by atoms with Crippen molar-refractivity contribution in [2.24, 2.45) is 0 Å². The van der Waals surface area contributed by atoms with Gasteiger partial charge in [-0.2, -0.15) is 0 Å². The van der Waals surface area contributed by atoms with Crippen LogP contribution >= 0.6 is 0 Å². The van der Waals surface area contributed by atoms with Crippen molar-refractivity contribution >= 4 is 35.3 Å². The van der Waals surface area contributed by atoms with E-state index in [9.17, 15) is 0 Å². The molecule has 0 nitrogen and oxygen atoms in total. The Kier molecular flexibility index (Phi) is 11.6. The number of hydrogen-bond donors (Lipinski definition) is 0. The Morgan fingerprint density at radius 1 is 0.414 bits per heavy atom. The van der Waals surface area contributed by atoms with Crippen LogP contribution < -0.4 is 0 Å². The van der Waals surface area contributed by atoms with E-state index in [0.717, 1.165) is 7.35 Å². The summed E-state index contributed by atoms with van der Waals surface area (Å²) >= 11 is -5.99. The Hall–Kier alpha value is -3.55. The molecule has 4 atom stereocenters. The van der Waals surface area contributed by atoms with E-state index in [-0.39, 0.29) is 8.35 Å². The smallest absolute Gasteiger partial charge is 1.00 e. The van der Waals surface area contributed by atoms with Crippen LogP contribution in [0, 0.1) is 0 Å². The minimum absolute atomic E-state index is 0. The number of benzene rings is 6. The molecule has 4 aliphatic carbocycles.